The lowest BCUT2D eigenvalue weighted by Crippen LogP contribution is -2.39. The predicted molar refractivity (Wildman–Crippen MR) is 76.9 cm³/mol. The maximum Gasteiger partial charge on any atom is 0.241 e. The maximum absolute atomic E-state index is 12.0. The van der Waals surface area contributed by atoms with Crippen molar-refractivity contribution in [2.75, 3.05) is 32.1 Å². The van der Waals surface area contributed by atoms with Gasteiger partial charge in [-0.25, -0.2) is 0 Å². The van der Waals surface area contributed by atoms with Gasteiger partial charge in [0.25, 0.3) is 0 Å². The van der Waals surface area contributed by atoms with E-state index in [1.165, 1.54) is 6.42 Å². The summed E-state index contributed by atoms with van der Waals surface area (Å²) in [6, 6.07) is 5.35. The first-order valence-corrected chi connectivity index (χ1v) is 6.93. The molecule has 0 aromatic heterocycles. The number of nitrogens with zero attached hydrogens (tertiary/aromatic N) is 1. The minimum Gasteiger partial charge on any atom is -0.497 e. The normalized spacial score (nSPS) is 15.2. The quantitative estimate of drug-likeness (QED) is 0.923. The van der Waals surface area contributed by atoms with Gasteiger partial charge in [0.15, 0.2) is 0 Å². The number of nitrogens with one attached hydrogen (secondary N) is 1. The minimum absolute atomic E-state index is 0.124. The lowest BCUT2D eigenvalue weighted by atomic mass is 10.1. The first-order chi connectivity index (χ1) is 9.20. The number of hydrogen-bond acceptors (Lipinski definition) is 3. The number of likely N-dealkylation sites (tertiary alicyclic amines) is 1. The van der Waals surface area contributed by atoms with Gasteiger partial charge in [0, 0.05) is 19.2 Å². The Morgan fingerprint density at radius 3 is 2.79 bits per heavy atom. The molecule has 1 fully saturated rings. The molecule has 2 rings (SSSR count). The molecule has 5 heteroatoms. The molecule has 1 aliphatic heterocycles. The van der Waals surface area contributed by atoms with Crippen LogP contribution in [0.1, 0.15) is 19.3 Å². The zero-order valence-corrected chi connectivity index (χ0v) is 11.9. The summed E-state index contributed by atoms with van der Waals surface area (Å²) in [5.41, 5.74) is 0.728. The van der Waals surface area contributed by atoms with E-state index in [-0.39, 0.29) is 12.5 Å². The molecule has 0 spiro atoms. The zero-order chi connectivity index (χ0) is 13.7. The van der Waals surface area contributed by atoms with Crippen molar-refractivity contribution in [3.05, 3.63) is 23.2 Å². The van der Waals surface area contributed by atoms with Crippen LogP contribution in [0.3, 0.4) is 0 Å². The van der Waals surface area contributed by atoms with Crippen molar-refractivity contribution >= 4 is 23.2 Å². The molecular weight excluding hydrogens is 264 g/mol. The standard InChI is InChI=1S/C14H19ClN2O2/c1-19-11-5-6-12(15)13(9-11)16-10-14(18)17-7-3-2-4-8-17/h5-6,9,16H,2-4,7-8,10H2,1H3. The molecule has 1 saturated heterocycles. The molecule has 0 bridgehead atoms. The van der Waals surface area contributed by atoms with Gasteiger partial charge < -0.3 is 15.0 Å². The Morgan fingerprint density at radius 2 is 2.11 bits per heavy atom. The van der Waals surface area contributed by atoms with Crippen LogP contribution in [-0.4, -0.2) is 37.6 Å². The van der Waals surface area contributed by atoms with Crippen LogP contribution >= 0.6 is 11.6 Å². The number of amides is 1. The molecule has 1 aliphatic rings. The van der Waals surface area contributed by atoms with Gasteiger partial charge in [-0.15, -0.1) is 0 Å². The fraction of sp³-hybridized carbons (Fsp3) is 0.500. The van der Waals surface area contributed by atoms with E-state index in [1.807, 2.05) is 4.90 Å². The third-order valence-corrected chi connectivity index (χ3v) is 3.64. The molecule has 0 saturated carbocycles. The second kappa shape index (κ2) is 6.66. The summed E-state index contributed by atoms with van der Waals surface area (Å²) >= 11 is 6.08. The molecule has 104 valence electrons. The highest BCUT2D eigenvalue weighted by molar-refractivity contribution is 6.33. The molecular formula is C14H19ClN2O2. The number of carbonyl (C=O) groups excluding carboxylic acids is 1. The maximum atomic E-state index is 12.0. The summed E-state index contributed by atoms with van der Waals surface area (Å²) in [5.74, 6) is 0.843. The smallest absolute Gasteiger partial charge is 0.241 e. The molecule has 1 aromatic rings. The van der Waals surface area contributed by atoms with Crippen molar-refractivity contribution in [2.24, 2.45) is 0 Å². The Bertz CT molecular complexity index is 445. The monoisotopic (exact) mass is 282 g/mol. The molecule has 1 N–H and O–H groups in total. The van der Waals surface area contributed by atoms with E-state index >= 15 is 0 Å². The van der Waals surface area contributed by atoms with Crippen LogP contribution < -0.4 is 10.1 Å². The van der Waals surface area contributed by atoms with Gasteiger partial charge in [-0.1, -0.05) is 11.6 Å². The van der Waals surface area contributed by atoms with Crippen molar-refractivity contribution in [1.29, 1.82) is 0 Å². The van der Waals surface area contributed by atoms with Crippen LogP contribution in [0.4, 0.5) is 5.69 Å². The van der Waals surface area contributed by atoms with Crippen molar-refractivity contribution < 1.29 is 9.53 Å². The highest BCUT2D eigenvalue weighted by Gasteiger charge is 2.16. The number of methoxy groups -OCH3 is 1. The lowest BCUT2D eigenvalue weighted by molar-refractivity contribution is -0.130. The number of rotatable bonds is 4. The van der Waals surface area contributed by atoms with E-state index in [2.05, 4.69) is 5.32 Å². The summed E-state index contributed by atoms with van der Waals surface area (Å²) in [4.78, 5) is 13.9. The van der Waals surface area contributed by atoms with Gasteiger partial charge in [0.2, 0.25) is 5.91 Å². The molecule has 1 heterocycles. The van der Waals surface area contributed by atoms with Gasteiger partial charge in [0.05, 0.1) is 24.4 Å². The van der Waals surface area contributed by atoms with Crippen LogP contribution in [0, 0.1) is 0 Å². The van der Waals surface area contributed by atoms with E-state index < -0.39 is 0 Å². The van der Waals surface area contributed by atoms with Gasteiger partial charge in [-0.2, -0.15) is 0 Å². The first kappa shape index (κ1) is 14.0. The van der Waals surface area contributed by atoms with Gasteiger partial charge in [0.1, 0.15) is 5.75 Å². The van der Waals surface area contributed by atoms with Crippen LogP contribution in [0.2, 0.25) is 5.02 Å². The number of carbonyl (C=O) groups is 1. The fourth-order valence-corrected chi connectivity index (χ4v) is 2.38. The van der Waals surface area contributed by atoms with Crippen LogP contribution in [0.15, 0.2) is 18.2 Å². The van der Waals surface area contributed by atoms with Crippen molar-refractivity contribution in [3.8, 4) is 5.75 Å². The largest absolute Gasteiger partial charge is 0.497 e. The molecule has 1 aromatic carbocycles. The molecule has 0 radical (unpaired) electrons. The Hall–Kier alpha value is -1.42. The van der Waals surface area contributed by atoms with Crippen LogP contribution in [-0.2, 0) is 4.79 Å². The second-order valence-electron chi connectivity index (χ2n) is 4.64. The molecule has 0 atom stereocenters. The Balaban J connectivity index is 1.92. The van der Waals surface area contributed by atoms with Gasteiger partial charge >= 0.3 is 0 Å². The second-order valence-corrected chi connectivity index (χ2v) is 5.05. The van der Waals surface area contributed by atoms with Gasteiger partial charge in [-0.3, -0.25) is 4.79 Å². The summed E-state index contributed by atoms with van der Waals surface area (Å²) < 4.78 is 5.14. The summed E-state index contributed by atoms with van der Waals surface area (Å²) in [7, 11) is 1.60. The third-order valence-electron chi connectivity index (χ3n) is 3.31. The first-order valence-electron chi connectivity index (χ1n) is 6.56. The average Bonchev–Trinajstić information content (AvgIpc) is 2.47. The Kier molecular flexibility index (Phi) is 4.91. The van der Waals surface area contributed by atoms with E-state index in [9.17, 15) is 4.79 Å². The van der Waals surface area contributed by atoms with E-state index in [0.29, 0.717) is 5.02 Å². The molecule has 1 amide bonds. The highest BCUT2D eigenvalue weighted by Crippen LogP contribution is 2.26. The van der Waals surface area contributed by atoms with Crippen LogP contribution in [0.25, 0.3) is 0 Å². The average molecular weight is 283 g/mol. The SMILES string of the molecule is COc1ccc(Cl)c(NCC(=O)N2CCCCC2)c1. The topological polar surface area (TPSA) is 41.6 Å². The molecule has 0 aliphatic carbocycles. The zero-order valence-electron chi connectivity index (χ0n) is 11.1. The number of anilines is 1. The molecule has 4 nitrogen and oxygen atoms in total. The lowest BCUT2D eigenvalue weighted by Gasteiger charge is -2.27. The highest BCUT2D eigenvalue weighted by atomic mass is 35.5. The Labute approximate surface area is 118 Å². The number of hydrogen-bond donors (Lipinski definition) is 1. The van der Waals surface area contributed by atoms with Crippen LogP contribution in [0.5, 0.6) is 5.75 Å². The molecule has 19 heavy (non-hydrogen) atoms. The number of piperidine rings is 1. The predicted octanol–water partition coefficient (Wildman–Crippen LogP) is 2.77. The summed E-state index contributed by atoms with van der Waals surface area (Å²) in [6.07, 6.45) is 3.43. The van der Waals surface area contributed by atoms with Crippen molar-refractivity contribution in [3.63, 3.8) is 0 Å². The summed E-state index contributed by atoms with van der Waals surface area (Å²) in [6.45, 7) is 2.01. The molecule has 0 unspecified atom stereocenters. The number of ether oxygens (including phenoxy) is 1. The minimum atomic E-state index is 0.124. The fourth-order valence-electron chi connectivity index (χ4n) is 2.19. The number of halogens is 1. The van der Waals surface area contributed by atoms with Crippen molar-refractivity contribution in [1.82, 2.24) is 4.90 Å². The summed E-state index contributed by atoms with van der Waals surface area (Å²) in [5, 5.41) is 3.67. The van der Waals surface area contributed by atoms with E-state index in [0.717, 1.165) is 37.4 Å². The van der Waals surface area contributed by atoms with E-state index in [1.54, 1.807) is 25.3 Å². The van der Waals surface area contributed by atoms with Crippen molar-refractivity contribution in [2.45, 2.75) is 19.3 Å². The Morgan fingerprint density at radius 1 is 1.37 bits per heavy atom. The van der Waals surface area contributed by atoms with Gasteiger partial charge in [-0.05, 0) is 31.4 Å². The third kappa shape index (κ3) is 3.77. The van der Waals surface area contributed by atoms with E-state index in [4.69, 9.17) is 16.3 Å². The number of benzene rings is 1.